The highest BCUT2D eigenvalue weighted by Crippen LogP contribution is 2.20. The summed E-state index contributed by atoms with van der Waals surface area (Å²) in [7, 11) is 1.48. The average Bonchev–Trinajstić information content (AvgIpc) is 2.98. The van der Waals surface area contributed by atoms with E-state index >= 15 is 0 Å². The van der Waals surface area contributed by atoms with Gasteiger partial charge in [0, 0.05) is 10.7 Å². The maximum atomic E-state index is 11.6. The number of nitrogens with zero attached hydrogens (tertiary/aromatic N) is 5. The third kappa shape index (κ3) is 4.23. The van der Waals surface area contributed by atoms with Crippen molar-refractivity contribution < 1.29 is 19.6 Å². The summed E-state index contributed by atoms with van der Waals surface area (Å²) in [6.07, 6.45) is 2.30. The summed E-state index contributed by atoms with van der Waals surface area (Å²) in [5.74, 6) is -0.674. The van der Waals surface area contributed by atoms with Gasteiger partial charge >= 0.3 is 5.95 Å². The Morgan fingerprint density at radius 2 is 2.39 bits per heavy atom. The van der Waals surface area contributed by atoms with Crippen LogP contribution in [-0.2, 0) is 11.3 Å². The van der Waals surface area contributed by atoms with Crippen LogP contribution in [0.15, 0.2) is 29.6 Å². The highest BCUT2D eigenvalue weighted by atomic mass is 16.6. The number of methoxy groups -OCH3 is 1. The predicted molar refractivity (Wildman–Crippen MR) is 77.1 cm³/mol. The molecular formula is C12H12N6O5. The van der Waals surface area contributed by atoms with E-state index in [1.54, 1.807) is 6.07 Å². The molecule has 11 nitrogen and oxygen atoms in total. The van der Waals surface area contributed by atoms with Gasteiger partial charge in [-0.2, -0.15) is 9.78 Å². The molecule has 0 aliphatic rings. The molecule has 0 atom stereocenters. The van der Waals surface area contributed by atoms with Crippen molar-refractivity contribution in [1.29, 1.82) is 0 Å². The van der Waals surface area contributed by atoms with E-state index in [2.05, 4.69) is 20.6 Å². The molecule has 0 fully saturated rings. The van der Waals surface area contributed by atoms with Crippen LogP contribution in [0.2, 0.25) is 0 Å². The Labute approximate surface area is 129 Å². The molecule has 0 unspecified atom stereocenters. The second-order valence-electron chi connectivity index (χ2n) is 4.22. The molecule has 1 heterocycles. The fourth-order valence-electron chi connectivity index (χ4n) is 1.56. The summed E-state index contributed by atoms with van der Waals surface area (Å²) in [5, 5.41) is 27.2. The molecule has 0 bridgehead atoms. The summed E-state index contributed by atoms with van der Waals surface area (Å²) in [6, 6.07) is 4.53. The van der Waals surface area contributed by atoms with E-state index in [9.17, 15) is 20.0 Å². The van der Waals surface area contributed by atoms with Crippen LogP contribution >= 0.6 is 0 Å². The fourth-order valence-corrected chi connectivity index (χ4v) is 1.56. The molecule has 0 radical (unpaired) electrons. The van der Waals surface area contributed by atoms with Crippen molar-refractivity contribution in [2.75, 3.05) is 7.11 Å². The highest BCUT2D eigenvalue weighted by molar-refractivity contribution is 5.85. The van der Waals surface area contributed by atoms with Crippen LogP contribution in [0.3, 0.4) is 0 Å². The number of benzene rings is 1. The van der Waals surface area contributed by atoms with Gasteiger partial charge in [-0.05, 0) is 23.1 Å². The van der Waals surface area contributed by atoms with E-state index in [0.29, 0.717) is 11.3 Å². The highest BCUT2D eigenvalue weighted by Gasteiger charge is 2.14. The minimum absolute atomic E-state index is 0.0318. The van der Waals surface area contributed by atoms with Gasteiger partial charge in [0.2, 0.25) is 6.33 Å². The van der Waals surface area contributed by atoms with E-state index in [-0.39, 0.29) is 12.3 Å². The molecule has 120 valence electrons. The number of rotatable bonds is 6. The fraction of sp³-hybridized carbons (Fsp3) is 0.167. The van der Waals surface area contributed by atoms with Crippen molar-refractivity contribution in [1.82, 2.24) is 20.2 Å². The molecule has 11 heteroatoms. The van der Waals surface area contributed by atoms with E-state index < -0.39 is 16.8 Å². The van der Waals surface area contributed by atoms with Gasteiger partial charge in [0.05, 0.1) is 13.3 Å². The van der Waals surface area contributed by atoms with E-state index in [1.807, 2.05) is 0 Å². The number of carbonyl (C=O) groups excluding carboxylic acids is 1. The zero-order valence-electron chi connectivity index (χ0n) is 11.9. The molecule has 0 aliphatic carbocycles. The zero-order valence-corrected chi connectivity index (χ0v) is 11.9. The largest absolute Gasteiger partial charge is 0.507 e. The molecule has 0 saturated heterocycles. The van der Waals surface area contributed by atoms with Crippen LogP contribution in [-0.4, -0.2) is 44.0 Å². The first-order valence-corrected chi connectivity index (χ1v) is 6.22. The number of hydrogen-bond donors (Lipinski definition) is 2. The summed E-state index contributed by atoms with van der Waals surface area (Å²) in [6.45, 7) is -0.289. The van der Waals surface area contributed by atoms with Gasteiger partial charge in [-0.3, -0.25) is 4.79 Å². The van der Waals surface area contributed by atoms with Crippen molar-refractivity contribution >= 4 is 18.1 Å². The minimum Gasteiger partial charge on any atom is -0.507 e. The predicted octanol–water partition coefficient (Wildman–Crippen LogP) is 0.0508. The number of nitro groups is 1. The molecule has 1 aromatic carbocycles. The molecule has 0 aliphatic heterocycles. The Hall–Kier alpha value is -3.50. The SMILES string of the molecule is COc1ccc(O)c(C=NNC(=O)Cn2cnc([N+](=O)[O-])n2)c1. The summed E-state index contributed by atoms with van der Waals surface area (Å²) in [4.78, 5) is 24.7. The molecular weight excluding hydrogens is 308 g/mol. The topological polar surface area (TPSA) is 145 Å². The second-order valence-corrected chi connectivity index (χ2v) is 4.22. The lowest BCUT2D eigenvalue weighted by Crippen LogP contribution is -2.23. The second kappa shape index (κ2) is 6.98. The Morgan fingerprint density at radius 3 is 3.04 bits per heavy atom. The lowest BCUT2D eigenvalue weighted by Gasteiger charge is -2.03. The third-order valence-electron chi connectivity index (χ3n) is 2.62. The number of hydrogen-bond acceptors (Lipinski definition) is 8. The first kappa shape index (κ1) is 15.9. The quantitative estimate of drug-likeness (QED) is 0.434. The molecule has 1 amide bonds. The number of aromatic nitrogens is 3. The lowest BCUT2D eigenvalue weighted by atomic mass is 10.2. The van der Waals surface area contributed by atoms with E-state index in [1.165, 1.54) is 25.5 Å². The standard InChI is InChI=1S/C12H12N6O5/c1-23-9-2-3-10(19)8(4-9)5-14-15-11(20)6-17-7-13-12(16-17)18(21)22/h2-5,7,19H,6H2,1H3,(H,15,20). The number of phenols is 1. The average molecular weight is 320 g/mol. The molecule has 2 rings (SSSR count). The van der Waals surface area contributed by atoms with Crippen LogP contribution in [0.4, 0.5) is 5.95 Å². The molecule has 2 N–H and O–H groups in total. The van der Waals surface area contributed by atoms with Gasteiger partial charge in [-0.25, -0.2) is 5.43 Å². The van der Waals surface area contributed by atoms with Crippen molar-refractivity contribution in [3.05, 3.63) is 40.2 Å². The van der Waals surface area contributed by atoms with Crippen LogP contribution in [0, 0.1) is 10.1 Å². The van der Waals surface area contributed by atoms with Crippen LogP contribution in [0.25, 0.3) is 0 Å². The molecule has 0 saturated carbocycles. The Kier molecular flexibility index (Phi) is 4.82. The number of ether oxygens (including phenoxy) is 1. The molecule has 0 spiro atoms. The maximum Gasteiger partial charge on any atom is 0.490 e. The Bertz CT molecular complexity index is 756. The monoisotopic (exact) mass is 320 g/mol. The van der Waals surface area contributed by atoms with Crippen molar-refractivity contribution in [3.8, 4) is 11.5 Å². The van der Waals surface area contributed by atoms with Crippen LogP contribution < -0.4 is 10.2 Å². The van der Waals surface area contributed by atoms with Gasteiger partial charge in [-0.15, -0.1) is 0 Å². The molecule has 23 heavy (non-hydrogen) atoms. The third-order valence-corrected chi connectivity index (χ3v) is 2.62. The van der Waals surface area contributed by atoms with Crippen LogP contribution in [0.1, 0.15) is 5.56 Å². The minimum atomic E-state index is -0.766. The molecule has 2 aromatic rings. The number of aromatic hydroxyl groups is 1. The van der Waals surface area contributed by atoms with Crippen molar-refractivity contribution in [2.45, 2.75) is 6.54 Å². The smallest absolute Gasteiger partial charge is 0.490 e. The van der Waals surface area contributed by atoms with Gasteiger partial charge in [0.15, 0.2) is 0 Å². The number of nitrogens with one attached hydrogen (secondary N) is 1. The van der Waals surface area contributed by atoms with Crippen molar-refractivity contribution in [2.24, 2.45) is 5.10 Å². The van der Waals surface area contributed by atoms with Gasteiger partial charge in [-0.1, -0.05) is 4.98 Å². The maximum absolute atomic E-state index is 11.6. The Morgan fingerprint density at radius 1 is 1.61 bits per heavy atom. The van der Waals surface area contributed by atoms with Gasteiger partial charge < -0.3 is 20.0 Å². The number of carbonyl (C=O) groups is 1. The zero-order chi connectivity index (χ0) is 16.8. The first-order chi connectivity index (χ1) is 11.0. The summed E-state index contributed by atoms with van der Waals surface area (Å²) in [5.41, 5.74) is 2.55. The first-order valence-electron chi connectivity index (χ1n) is 6.22. The van der Waals surface area contributed by atoms with E-state index in [0.717, 1.165) is 11.0 Å². The number of amides is 1. The van der Waals surface area contributed by atoms with Crippen LogP contribution in [0.5, 0.6) is 11.5 Å². The summed E-state index contributed by atoms with van der Waals surface area (Å²) >= 11 is 0. The normalized spacial score (nSPS) is 10.7. The number of hydrazone groups is 1. The van der Waals surface area contributed by atoms with Crippen molar-refractivity contribution in [3.63, 3.8) is 0 Å². The Balaban J connectivity index is 1.94. The van der Waals surface area contributed by atoms with E-state index in [4.69, 9.17) is 4.74 Å². The lowest BCUT2D eigenvalue weighted by molar-refractivity contribution is -0.394. The molecule has 1 aromatic heterocycles. The van der Waals surface area contributed by atoms with Gasteiger partial charge in [0.1, 0.15) is 18.0 Å². The van der Waals surface area contributed by atoms with Gasteiger partial charge in [0.25, 0.3) is 5.91 Å². The number of phenolic OH excluding ortho intramolecular Hbond substituents is 1. The summed E-state index contributed by atoms with van der Waals surface area (Å²) < 4.78 is 6.01.